The monoisotopic (exact) mass is 249 g/mol. The molecule has 0 N–H and O–H groups in total. The summed E-state index contributed by atoms with van der Waals surface area (Å²) < 4.78 is 5.23. The van der Waals surface area contributed by atoms with Crippen LogP contribution in [0, 0.1) is 0 Å². The van der Waals surface area contributed by atoms with Gasteiger partial charge >= 0.3 is 0 Å². The predicted molar refractivity (Wildman–Crippen MR) is 77.2 cm³/mol. The van der Waals surface area contributed by atoms with Gasteiger partial charge in [-0.3, -0.25) is 0 Å². The Labute approximate surface area is 112 Å². The maximum atomic E-state index is 5.23. The molecule has 1 aromatic heterocycles. The number of nitrogens with zero attached hydrogens (tertiary/aromatic N) is 1. The molecule has 1 unspecified atom stereocenters. The Bertz CT molecular complexity index is 351. The van der Waals surface area contributed by atoms with Gasteiger partial charge in [0.2, 0.25) is 5.88 Å². The fourth-order valence-electron chi connectivity index (χ4n) is 2.36. The first-order chi connectivity index (χ1) is 8.66. The molecule has 102 valence electrons. The van der Waals surface area contributed by atoms with E-state index in [9.17, 15) is 0 Å². The van der Waals surface area contributed by atoms with Crippen LogP contribution in [0.3, 0.4) is 0 Å². The van der Waals surface area contributed by atoms with Gasteiger partial charge in [-0.1, -0.05) is 46.5 Å². The van der Waals surface area contributed by atoms with E-state index >= 15 is 0 Å². The number of ether oxygens (including phenoxy) is 1. The molecule has 1 atom stereocenters. The van der Waals surface area contributed by atoms with Crippen molar-refractivity contribution in [1.29, 1.82) is 0 Å². The van der Waals surface area contributed by atoms with Gasteiger partial charge in [-0.15, -0.1) is 0 Å². The van der Waals surface area contributed by atoms with Crippen LogP contribution in [-0.4, -0.2) is 12.1 Å². The van der Waals surface area contributed by atoms with Gasteiger partial charge in [-0.25, -0.2) is 4.98 Å². The number of unbranched alkanes of at least 4 members (excludes halogenated alkanes) is 3. The SMILES string of the molecule is CCCCCCC(C)(CC)c1ccnc(OC)c1. The summed E-state index contributed by atoms with van der Waals surface area (Å²) in [6, 6.07) is 4.22. The topological polar surface area (TPSA) is 22.1 Å². The smallest absolute Gasteiger partial charge is 0.213 e. The van der Waals surface area contributed by atoms with Gasteiger partial charge in [-0.2, -0.15) is 0 Å². The van der Waals surface area contributed by atoms with E-state index in [1.165, 1.54) is 37.7 Å². The standard InChI is InChI=1S/C16H27NO/c1-5-7-8-9-11-16(3,6-2)14-10-12-17-15(13-14)18-4/h10,12-13H,5-9,11H2,1-4H3. The van der Waals surface area contributed by atoms with Gasteiger partial charge < -0.3 is 4.74 Å². The molecule has 1 heterocycles. The third-order valence-corrected chi connectivity index (χ3v) is 4.00. The van der Waals surface area contributed by atoms with E-state index in [0.29, 0.717) is 0 Å². The average molecular weight is 249 g/mol. The van der Waals surface area contributed by atoms with E-state index in [-0.39, 0.29) is 5.41 Å². The van der Waals surface area contributed by atoms with E-state index in [1.807, 2.05) is 6.20 Å². The van der Waals surface area contributed by atoms with E-state index in [2.05, 4.69) is 37.9 Å². The van der Waals surface area contributed by atoms with Crippen molar-refractivity contribution in [2.75, 3.05) is 7.11 Å². The van der Waals surface area contributed by atoms with Crippen molar-refractivity contribution in [3.05, 3.63) is 23.9 Å². The fourth-order valence-corrected chi connectivity index (χ4v) is 2.36. The molecule has 0 amide bonds. The lowest BCUT2D eigenvalue weighted by Crippen LogP contribution is -2.21. The van der Waals surface area contributed by atoms with Crippen LogP contribution >= 0.6 is 0 Å². The largest absolute Gasteiger partial charge is 0.481 e. The first-order valence-corrected chi connectivity index (χ1v) is 7.16. The van der Waals surface area contributed by atoms with Crippen LogP contribution in [0.15, 0.2) is 18.3 Å². The molecule has 0 saturated carbocycles. The lowest BCUT2D eigenvalue weighted by Gasteiger charge is -2.29. The first-order valence-electron chi connectivity index (χ1n) is 7.16. The molecule has 0 aliphatic heterocycles. The van der Waals surface area contributed by atoms with Crippen molar-refractivity contribution in [1.82, 2.24) is 4.98 Å². The Morgan fingerprint density at radius 3 is 2.61 bits per heavy atom. The Morgan fingerprint density at radius 2 is 2.00 bits per heavy atom. The quantitative estimate of drug-likeness (QED) is 0.621. The van der Waals surface area contributed by atoms with Crippen LogP contribution in [0.4, 0.5) is 0 Å². The Hall–Kier alpha value is -1.05. The van der Waals surface area contributed by atoms with Gasteiger partial charge in [0.25, 0.3) is 0 Å². The van der Waals surface area contributed by atoms with E-state index in [1.54, 1.807) is 7.11 Å². The van der Waals surface area contributed by atoms with Crippen molar-refractivity contribution in [2.45, 2.75) is 64.7 Å². The molecule has 18 heavy (non-hydrogen) atoms. The van der Waals surface area contributed by atoms with Crippen LogP contribution in [0.25, 0.3) is 0 Å². The summed E-state index contributed by atoms with van der Waals surface area (Å²) in [6.45, 7) is 6.88. The lowest BCUT2D eigenvalue weighted by atomic mass is 9.76. The Kier molecular flexibility index (Phi) is 6.17. The second kappa shape index (κ2) is 7.40. The minimum absolute atomic E-state index is 0.254. The normalized spacial score (nSPS) is 14.2. The minimum atomic E-state index is 0.254. The number of methoxy groups -OCH3 is 1. The average Bonchev–Trinajstić information content (AvgIpc) is 2.43. The second-order valence-electron chi connectivity index (χ2n) is 5.31. The molecule has 0 aliphatic rings. The van der Waals surface area contributed by atoms with E-state index < -0.39 is 0 Å². The van der Waals surface area contributed by atoms with Gasteiger partial charge in [0.1, 0.15) is 0 Å². The highest BCUT2D eigenvalue weighted by Gasteiger charge is 2.24. The molecule has 0 aromatic carbocycles. The zero-order chi connectivity index (χ0) is 13.4. The first kappa shape index (κ1) is 15.0. The number of hydrogen-bond acceptors (Lipinski definition) is 2. The maximum absolute atomic E-state index is 5.23. The predicted octanol–water partition coefficient (Wildman–Crippen LogP) is 4.73. The van der Waals surface area contributed by atoms with Gasteiger partial charge in [-0.05, 0) is 29.9 Å². The van der Waals surface area contributed by atoms with E-state index in [4.69, 9.17) is 4.74 Å². The molecule has 0 saturated heterocycles. The molecule has 0 fully saturated rings. The summed E-state index contributed by atoms with van der Waals surface area (Å²) in [5.41, 5.74) is 1.61. The van der Waals surface area contributed by atoms with Crippen LogP contribution in [0.5, 0.6) is 5.88 Å². The van der Waals surface area contributed by atoms with Gasteiger partial charge in [0.05, 0.1) is 7.11 Å². The van der Waals surface area contributed by atoms with Crippen LogP contribution < -0.4 is 4.74 Å². The van der Waals surface area contributed by atoms with Crippen LogP contribution in [0.1, 0.15) is 64.9 Å². The number of rotatable bonds is 8. The number of pyridine rings is 1. The molecular weight excluding hydrogens is 222 g/mol. The molecule has 0 spiro atoms. The third kappa shape index (κ3) is 4.01. The summed E-state index contributed by atoms with van der Waals surface area (Å²) >= 11 is 0. The fraction of sp³-hybridized carbons (Fsp3) is 0.688. The molecule has 1 aromatic rings. The summed E-state index contributed by atoms with van der Waals surface area (Å²) in [5.74, 6) is 0.723. The molecule has 0 radical (unpaired) electrons. The zero-order valence-corrected chi connectivity index (χ0v) is 12.3. The van der Waals surface area contributed by atoms with Crippen molar-refractivity contribution in [3.63, 3.8) is 0 Å². The van der Waals surface area contributed by atoms with Gasteiger partial charge in [0, 0.05) is 12.3 Å². The highest BCUT2D eigenvalue weighted by Crippen LogP contribution is 2.34. The summed E-state index contributed by atoms with van der Waals surface area (Å²) in [7, 11) is 1.68. The summed E-state index contributed by atoms with van der Waals surface area (Å²) in [6.07, 6.45) is 9.56. The van der Waals surface area contributed by atoms with Crippen LogP contribution in [-0.2, 0) is 5.41 Å². The molecule has 0 aliphatic carbocycles. The van der Waals surface area contributed by atoms with Crippen LogP contribution in [0.2, 0.25) is 0 Å². The van der Waals surface area contributed by atoms with Crippen molar-refractivity contribution < 1.29 is 4.74 Å². The molecule has 2 nitrogen and oxygen atoms in total. The van der Waals surface area contributed by atoms with Crippen molar-refractivity contribution in [2.24, 2.45) is 0 Å². The highest BCUT2D eigenvalue weighted by atomic mass is 16.5. The molecule has 2 heteroatoms. The zero-order valence-electron chi connectivity index (χ0n) is 12.3. The second-order valence-corrected chi connectivity index (χ2v) is 5.31. The highest BCUT2D eigenvalue weighted by molar-refractivity contribution is 5.27. The maximum Gasteiger partial charge on any atom is 0.213 e. The van der Waals surface area contributed by atoms with Gasteiger partial charge in [0.15, 0.2) is 0 Å². The number of aromatic nitrogens is 1. The minimum Gasteiger partial charge on any atom is -0.481 e. The molecular formula is C16H27NO. The summed E-state index contributed by atoms with van der Waals surface area (Å²) in [5, 5.41) is 0. The van der Waals surface area contributed by atoms with Crippen molar-refractivity contribution in [3.8, 4) is 5.88 Å². The van der Waals surface area contributed by atoms with E-state index in [0.717, 1.165) is 12.3 Å². The molecule has 1 rings (SSSR count). The summed E-state index contributed by atoms with van der Waals surface area (Å²) in [4.78, 5) is 4.19. The third-order valence-electron chi connectivity index (χ3n) is 4.00. The Balaban J connectivity index is 2.72. The van der Waals surface area contributed by atoms with Crippen molar-refractivity contribution >= 4 is 0 Å². The molecule has 0 bridgehead atoms. The lowest BCUT2D eigenvalue weighted by molar-refractivity contribution is 0.379. The Morgan fingerprint density at radius 1 is 1.22 bits per heavy atom. The number of hydrogen-bond donors (Lipinski definition) is 0.